The lowest BCUT2D eigenvalue weighted by atomic mass is 9.94. The predicted molar refractivity (Wildman–Crippen MR) is 86.8 cm³/mol. The first kappa shape index (κ1) is 17.4. The molecule has 0 spiro atoms. The monoisotopic (exact) mass is 358 g/mol. The second-order valence-corrected chi connectivity index (χ2v) is 5.79. The van der Waals surface area contributed by atoms with E-state index in [0.29, 0.717) is 22.0 Å². The van der Waals surface area contributed by atoms with Crippen molar-refractivity contribution in [2.75, 3.05) is 21.3 Å². The minimum Gasteiger partial charge on any atom is -0.495 e. The number of nitrogens with one attached hydrogen (secondary N) is 1. The number of nitrogens with zero attached hydrogens (tertiary/aromatic N) is 1. The van der Waals surface area contributed by atoms with Crippen LogP contribution in [0.5, 0.6) is 5.75 Å². The minimum absolute atomic E-state index is 0.282. The van der Waals surface area contributed by atoms with E-state index >= 15 is 0 Å². The molecule has 2 amide bonds. The van der Waals surface area contributed by atoms with Gasteiger partial charge in [0, 0.05) is 23.3 Å². The molecule has 1 aromatic rings. The maximum Gasteiger partial charge on any atom is 0.337 e. The smallest absolute Gasteiger partial charge is 0.337 e. The topological polar surface area (TPSA) is 67.9 Å². The first-order chi connectivity index (χ1) is 10.8. The molecular weight excluding hydrogens is 343 g/mol. The Labute approximate surface area is 143 Å². The molecule has 0 aromatic heterocycles. The number of halogens is 2. The van der Waals surface area contributed by atoms with Crippen LogP contribution < -0.4 is 10.1 Å². The number of allylic oxidation sites excluding steroid dienone is 1. The maximum absolute atomic E-state index is 12.2. The lowest BCUT2D eigenvalue weighted by Crippen LogP contribution is -2.46. The van der Waals surface area contributed by atoms with Gasteiger partial charge in [-0.25, -0.2) is 9.59 Å². The Bertz CT molecular complexity index is 703. The molecule has 1 aliphatic rings. The van der Waals surface area contributed by atoms with Crippen LogP contribution in [0.15, 0.2) is 23.4 Å². The minimum atomic E-state index is -0.780. The van der Waals surface area contributed by atoms with Gasteiger partial charge in [-0.1, -0.05) is 23.2 Å². The van der Waals surface area contributed by atoms with Gasteiger partial charge in [-0.15, -0.1) is 0 Å². The molecule has 23 heavy (non-hydrogen) atoms. The van der Waals surface area contributed by atoms with Gasteiger partial charge in [0.25, 0.3) is 0 Å². The fourth-order valence-corrected chi connectivity index (χ4v) is 3.04. The number of benzene rings is 1. The summed E-state index contributed by atoms with van der Waals surface area (Å²) in [5.74, 6) is -0.224. The summed E-state index contributed by atoms with van der Waals surface area (Å²) in [5, 5.41) is 3.38. The Morgan fingerprint density at radius 3 is 2.52 bits per heavy atom. The number of esters is 1. The van der Waals surface area contributed by atoms with Crippen LogP contribution in [0.1, 0.15) is 18.5 Å². The molecule has 8 heteroatoms. The van der Waals surface area contributed by atoms with Crippen LogP contribution in [0.3, 0.4) is 0 Å². The number of urea groups is 1. The van der Waals surface area contributed by atoms with Gasteiger partial charge in [-0.05, 0) is 19.1 Å². The number of rotatable bonds is 3. The molecule has 2 rings (SSSR count). The summed E-state index contributed by atoms with van der Waals surface area (Å²) in [7, 11) is 4.29. The molecule has 0 saturated carbocycles. The van der Waals surface area contributed by atoms with E-state index in [1.54, 1.807) is 20.0 Å². The fourth-order valence-electron chi connectivity index (χ4n) is 2.45. The molecule has 1 heterocycles. The average Bonchev–Trinajstić information content (AvgIpc) is 2.50. The Morgan fingerprint density at radius 1 is 1.30 bits per heavy atom. The highest BCUT2D eigenvalue weighted by Crippen LogP contribution is 2.40. The van der Waals surface area contributed by atoms with Crippen molar-refractivity contribution in [3.8, 4) is 5.75 Å². The number of hydrogen-bond donors (Lipinski definition) is 1. The van der Waals surface area contributed by atoms with Crippen LogP contribution in [-0.2, 0) is 9.53 Å². The van der Waals surface area contributed by atoms with Gasteiger partial charge in [-0.3, -0.25) is 0 Å². The first-order valence-corrected chi connectivity index (χ1v) is 7.43. The molecule has 0 bridgehead atoms. The zero-order valence-corrected chi connectivity index (χ0v) is 14.6. The number of ether oxygens (including phenoxy) is 2. The van der Waals surface area contributed by atoms with E-state index in [1.807, 2.05) is 0 Å². The molecule has 124 valence electrons. The van der Waals surface area contributed by atoms with Gasteiger partial charge in [0.05, 0.1) is 30.9 Å². The average molecular weight is 359 g/mol. The summed E-state index contributed by atoms with van der Waals surface area (Å²) in [6, 6.07) is 1.98. The number of carbonyl (C=O) groups excluding carboxylic acids is 2. The third-order valence-electron chi connectivity index (χ3n) is 3.71. The zero-order valence-electron chi connectivity index (χ0n) is 13.1. The van der Waals surface area contributed by atoms with E-state index in [2.05, 4.69) is 5.32 Å². The Kier molecular flexibility index (Phi) is 5.06. The highest BCUT2D eigenvalue weighted by Gasteiger charge is 2.36. The molecule has 0 unspecified atom stereocenters. The van der Waals surface area contributed by atoms with Crippen LogP contribution in [0.4, 0.5) is 4.79 Å². The molecule has 0 fully saturated rings. The summed E-state index contributed by atoms with van der Waals surface area (Å²) >= 11 is 12.2. The maximum atomic E-state index is 12.2. The van der Waals surface area contributed by atoms with E-state index in [1.165, 1.54) is 25.2 Å². The molecule has 6 nitrogen and oxygen atoms in total. The van der Waals surface area contributed by atoms with E-state index < -0.39 is 12.0 Å². The van der Waals surface area contributed by atoms with Crippen molar-refractivity contribution in [3.63, 3.8) is 0 Å². The van der Waals surface area contributed by atoms with Crippen LogP contribution >= 0.6 is 23.2 Å². The molecule has 0 saturated heterocycles. The summed E-state index contributed by atoms with van der Waals surface area (Å²) < 4.78 is 10.2. The molecule has 1 aromatic carbocycles. The SMILES string of the molecule is COC(=O)C1=C(C)N(C)C(=O)N[C@@H]1c1cc(Cl)cc(Cl)c1OC. The summed E-state index contributed by atoms with van der Waals surface area (Å²) in [6.45, 7) is 1.66. The van der Waals surface area contributed by atoms with Gasteiger partial charge in [-0.2, -0.15) is 0 Å². The van der Waals surface area contributed by atoms with Crippen LogP contribution in [-0.4, -0.2) is 38.2 Å². The van der Waals surface area contributed by atoms with Gasteiger partial charge >= 0.3 is 12.0 Å². The Balaban J connectivity index is 2.70. The highest BCUT2D eigenvalue weighted by atomic mass is 35.5. The summed E-state index contributed by atoms with van der Waals surface area (Å²) in [4.78, 5) is 25.7. The number of amides is 2. The quantitative estimate of drug-likeness (QED) is 0.842. The third kappa shape index (κ3) is 3.09. The number of hydrogen-bond acceptors (Lipinski definition) is 4. The van der Waals surface area contributed by atoms with Crippen molar-refractivity contribution < 1.29 is 19.1 Å². The molecule has 0 radical (unpaired) electrons. The van der Waals surface area contributed by atoms with E-state index in [4.69, 9.17) is 32.7 Å². The standard InChI is InChI=1S/C15H16Cl2N2O4/c1-7-11(14(20)23-4)12(18-15(21)19(7)2)9-5-8(16)6-10(17)13(9)22-3/h5-6,12H,1-4H3,(H,18,21)/t12-/m1/s1. The molecular formula is C15H16Cl2N2O4. The predicted octanol–water partition coefficient (Wildman–Crippen LogP) is 3.15. The largest absolute Gasteiger partial charge is 0.495 e. The van der Waals surface area contributed by atoms with Crippen molar-refractivity contribution in [2.45, 2.75) is 13.0 Å². The van der Waals surface area contributed by atoms with Crippen molar-refractivity contribution in [2.24, 2.45) is 0 Å². The molecule has 0 aliphatic carbocycles. The lowest BCUT2D eigenvalue weighted by Gasteiger charge is -2.33. The normalized spacial score (nSPS) is 17.9. The van der Waals surface area contributed by atoms with Crippen LogP contribution in [0.25, 0.3) is 0 Å². The van der Waals surface area contributed by atoms with E-state index in [-0.39, 0.29) is 16.6 Å². The van der Waals surface area contributed by atoms with Crippen molar-refractivity contribution >= 4 is 35.2 Å². The van der Waals surface area contributed by atoms with Gasteiger partial charge < -0.3 is 19.7 Å². The van der Waals surface area contributed by atoms with Crippen LogP contribution in [0, 0.1) is 0 Å². The first-order valence-electron chi connectivity index (χ1n) is 6.68. The van der Waals surface area contributed by atoms with Crippen LogP contribution in [0.2, 0.25) is 10.0 Å². The third-order valence-corrected chi connectivity index (χ3v) is 4.21. The van der Waals surface area contributed by atoms with Crippen molar-refractivity contribution in [1.29, 1.82) is 0 Å². The molecule has 1 N–H and O–H groups in total. The van der Waals surface area contributed by atoms with Gasteiger partial charge in [0.1, 0.15) is 5.75 Å². The molecule has 1 aliphatic heterocycles. The Hall–Kier alpha value is -1.92. The van der Waals surface area contributed by atoms with Gasteiger partial charge in [0.15, 0.2) is 0 Å². The fraction of sp³-hybridized carbons (Fsp3) is 0.333. The summed E-state index contributed by atoms with van der Waals surface area (Å²) in [5.41, 5.74) is 1.24. The van der Waals surface area contributed by atoms with E-state index in [9.17, 15) is 9.59 Å². The van der Waals surface area contributed by atoms with Crippen molar-refractivity contribution in [3.05, 3.63) is 39.0 Å². The second kappa shape index (κ2) is 6.68. The zero-order chi connectivity index (χ0) is 17.3. The number of carbonyl (C=O) groups is 2. The Morgan fingerprint density at radius 2 is 1.96 bits per heavy atom. The van der Waals surface area contributed by atoms with Gasteiger partial charge in [0.2, 0.25) is 0 Å². The van der Waals surface area contributed by atoms with Crippen molar-refractivity contribution in [1.82, 2.24) is 10.2 Å². The second-order valence-electron chi connectivity index (χ2n) is 4.94. The summed E-state index contributed by atoms with van der Waals surface area (Å²) in [6.07, 6.45) is 0. The lowest BCUT2D eigenvalue weighted by molar-refractivity contribution is -0.136. The highest BCUT2D eigenvalue weighted by molar-refractivity contribution is 6.35. The van der Waals surface area contributed by atoms with E-state index in [0.717, 1.165) is 0 Å². The number of methoxy groups -OCH3 is 2. The molecule has 1 atom stereocenters.